The van der Waals surface area contributed by atoms with Crippen molar-refractivity contribution in [2.45, 2.75) is 43.9 Å². The summed E-state index contributed by atoms with van der Waals surface area (Å²) in [6, 6.07) is 2.10. The number of piperidine rings is 1. The third-order valence-corrected chi connectivity index (χ3v) is 5.70. The van der Waals surface area contributed by atoms with Gasteiger partial charge in [-0.05, 0) is 43.9 Å². The van der Waals surface area contributed by atoms with E-state index in [9.17, 15) is 9.59 Å². The van der Waals surface area contributed by atoms with E-state index in [0.717, 1.165) is 24.9 Å². The standard InChI is InChI=1S/C15H19N3O2S2/c1-10-5-3-4-7-17(10)12(19)9-18-14(20)13-11(6-8-22-13)16-15(18)21-2/h6,8,10H,3-5,7,9H2,1-2H3/t10-/m1/s1. The topological polar surface area (TPSA) is 55.2 Å². The molecule has 0 aromatic carbocycles. The zero-order chi connectivity index (χ0) is 15.7. The van der Waals surface area contributed by atoms with E-state index >= 15 is 0 Å². The molecule has 0 saturated carbocycles. The van der Waals surface area contributed by atoms with Crippen LogP contribution in [0.2, 0.25) is 0 Å². The molecule has 1 fully saturated rings. The monoisotopic (exact) mass is 337 g/mol. The molecular formula is C15H19N3O2S2. The summed E-state index contributed by atoms with van der Waals surface area (Å²) in [5.41, 5.74) is 0.608. The Balaban J connectivity index is 1.94. The van der Waals surface area contributed by atoms with Crippen LogP contribution in [-0.4, -0.2) is 39.2 Å². The molecule has 1 aliphatic heterocycles. The number of hydrogen-bond donors (Lipinski definition) is 0. The number of hydrogen-bond acceptors (Lipinski definition) is 5. The maximum Gasteiger partial charge on any atom is 0.272 e. The first-order valence-electron chi connectivity index (χ1n) is 7.43. The summed E-state index contributed by atoms with van der Waals surface area (Å²) in [6.45, 7) is 2.95. The molecule has 2 aromatic rings. The van der Waals surface area contributed by atoms with Crippen molar-refractivity contribution < 1.29 is 4.79 Å². The highest BCUT2D eigenvalue weighted by Gasteiger charge is 2.24. The van der Waals surface area contributed by atoms with Gasteiger partial charge < -0.3 is 4.90 Å². The summed E-state index contributed by atoms with van der Waals surface area (Å²) in [4.78, 5) is 31.6. The Bertz CT molecular complexity index is 753. The summed E-state index contributed by atoms with van der Waals surface area (Å²) < 4.78 is 2.14. The van der Waals surface area contributed by atoms with Gasteiger partial charge in [0, 0.05) is 12.6 Å². The minimum atomic E-state index is -0.109. The Morgan fingerprint density at radius 1 is 1.50 bits per heavy atom. The summed E-state index contributed by atoms with van der Waals surface area (Å²) in [6.07, 6.45) is 5.13. The van der Waals surface area contributed by atoms with Crippen molar-refractivity contribution in [1.29, 1.82) is 0 Å². The fourth-order valence-electron chi connectivity index (χ4n) is 2.91. The van der Waals surface area contributed by atoms with Crippen LogP contribution in [-0.2, 0) is 11.3 Å². The molecule has 22 heavy (non-hydrogen) atoms. The molecule has 7 heteroatoms. The number of rotatable bonds is 3. The van der Waals surface area contributed by atoms with E-state index in [4.69, 9.17) is 0 Å². The lowest BCUT2D eigenvalue weighted by atomic mass is 10.0. The lowest BCUT2D eigenvalue weighted by molar-refractivity contribution is -0.135. The molecule has 2 aromatic heterocycles. The van der Waals surface area contributed by atoms with Crippen molar-refractivity contribution in [3.8, 4) is 0 Å². The molecule has 0 unspecified atom stereocenters. The number of nitrogens with zero attached hydrogens (tertiary/aromatic N) is 3. The van der Waals surface area contributed by atoms with E-state index < -0.39 is 0 Å². The van der Waals surface area contributed by atoms with Crippen molar-refractivity contribution in [1.82, 2.24) is 14.5 Å². The number of thiophene rings is 1. The Morgan fingerprint density at radius 3 is 3.05 bits per heavy atom. The first kappa shape index (κ1) is 15.6. The van der Waals surface area contributed by atoms with Gasteiger partial charge in [-0.15, -0.1) is 11.3 Å². The Hall–Kier alpha value is -1.34. The molecule has 5 nitrogen and oxygen atoms in total. The van der Waals surface area contributed by atoms with Gasteiger partial charge in [-0.25, -0.2) is 4.98 Å². The van der Waals surface area contributed by atoms with E-state index in [1.807, 2.05) is 22.6 Å². The van der Waals surface area contributed by atoms with Crippen LogP contribution in [0.4, 0.5) is 0 Å². The van der Waals surface area contributed by atoms with E-state index in [1.165, 1.54) is 34.1 Å². The fourth-order valence-corrected chi connectivity index (χ4v) is 4.25. The molecule has 1 amide bonds. The summed E-state index contributed by atoms with van der Waals surface area (Å²) in [7, 11) is 0. The van der Waals surface area contributed by atoms with Gasteiger partial charge in [0.1, 0.15) is 11.2 Å². The maximum atomic E-state index is 12.6. The minimum absolute atomic E-state index is 0.0160. The van der Waals surface area contributed by atoms with Gasteiger partial charge in [-0.3, -0.25) is 14.2 Å². The van der Waals surface area contributed by atoms with Crippen molar-refractivity contribution in [3.05, 3.63) is 21.8 Å². The number of amides is 1. The largest absolute Gasteiger partial charge is 0.338 e. The second-order valence-electron chi connectivity index (χ2n) is 5.56. The third-order valence-electron chi connectivity index (χ3n) is 4.13. The van der Waals surface area contributed by atoms with Crippen LogP contribution in [0.3, 0.4) is 0 Å². The molecule has 0 N–H and O–H groups in total. The van der Waals surface area contributed by atoms with Gasteiger partial charge >= 0.3 is 0 Å². The Morgan fingerprint density at radius 2 is 2.32 bits per heavy atom. The minimum Gasteiger partial charge on any atom is -0.338 e. The molecular weight excluding hydrogens is 318 g/mol. The van der Waals surface area contributed by atoms with Gasteiger partial charge in [0.05, 0.1) is 5.52 Å². The number of carbonyl (C=O) groups excluding carboxylic acids is 1. The average Bonchev–Trinajstić information content (AvgIpc) is 2.98. The summed E-state index contributed by atoms with van der Waals surface area (Å²) >= 11 is 2.78. The van der Waals surface area contributed by atoms with Gasteiger partial charge in [0.25, 0.3) is 5.56 Å². The van der Waals surface area contributed by atoms with Gasteiger partial charge in [0.15, 0.2) is 5.16 Å². The molecule has 0 bridgehead atoms. The van der Waals surface area contributed by atoms with Crippen molar-refractivity contribution in [3.63, 3.8) is 0 Å². The van der Waals surface area contributed by atoms with Gasteiger partial charge in [0.2, 0.25) is 5.91 Å². The predicted molar refractivity (Wildman–Crippen MR) is 90.7 cm³/mol. The van der Waals surface area contributed by atoms with Crippen LogP contribution >= 0.6 is 23.1 Å². The van der Waals surface area contributed by atoms with Crippen LogP contribution in [0, 0.1) is 0 Å². The molecule has 3 rings (SSSR count). The zero-order valence-corrected chi connectivity index (χ0v) is 14.4. The van der Waals surface area contributed by atoms with E-state index in [0.29, 0.717) is 9.86 Å². The summed E-state index contributed by atoms with van der Waals surface area (Å²) in [5.74, 6) is 0.0160. The second-order valence-corrected chi connectivity index (χ2v) is 7.25. The zero-order valence-electron chi connectivity index (χ0n) is 12.7. The first-order valence-corrected chi connectivity index (χ1v) is 9.53. The Labute approximate surface area is 137 Å². The Kier molecular flexibility index (Phi) is 4.54. The normalized spacial score (nSPS) is 18.8. The highest BCUT2D eigenvalue weighted by atomic mass is 32.2. The highest BCUT2D eigenvalue weighted by Crippen LogP contribution is 2.21. The van der Waals surface area contributed by atoms with Crippen LogP contribution < -0.4 is 5.56 Å². The van der Waals surface area contributed by atoms with Gasteiger partial charge in [-0.1, -0.05) is 11.8 Å². The van der Waals surface area contributed by atoms with Crippen molar-refractivity contribution >= 4 is 39.2 Å². The fraction of sp³-hybridized carbons (Fsp3) is 0.533. The third kappa shape index (κ3) is 2.79. The van der Waals surface area contributed by atoms with Crippen LogP contribution in [0.25, 0.3) is 10.2 Å². The lowest BCUT2D eigenvalue weighted by Gasteiger charge is -2.33. The molecule has 1 saturated heterocycles. The predicted octanol–water partition coefficient (Wildman–Crippen LogP) is 2.58. The number of aromatic nitrogens is 2. The second kappa shape index (κ2) is 6.42. The van der Waals surface area contributed by atoms with E-state index in [-0.39, 0.29) is 24.1 Å². The maximum absolute atomic E-state index is 12.6. The molecule has 1 aliphatic rings. The smallest absolute Gasteiger partial charge is 0.272 e. The average molecular weight is 337 g/mol. The van der Waals surface area contributed by atoms with Crippen molar-refractivity contribution in [2.75, 3.05) is 12.8 Å². The number of fused-ring (bicyclic) bond motifs is 1. The molecule has 3 heterocycles. The SMILES string of the molecule is CSc1nc2ccsc2c(=O)n1CC(=O)N1CCCC[C@H]1C. The highest BCUT2D eigenvalue weighted by molar-refractivity contribution is 7.98. The molecule has 0 spiro atoms. The van der Waals surface area contributed by atoms with Crippen LogP contribution in [0.1, 0.15) is 26.2 Å². The number of thioether (sulfide) groups is 1. The molecule has 118 valence electrons. The van der Waals surface area contributed by atoms with Crippen molar-refractivity contribution in [2.24, 2.45) is 0 Å². The van der Waals surface area contributed by atoms with Gasteiger partial charge in [-0.2, -0.15) is 0 Å². The van der Waals surface area contributed by atoms with Crippen LogP contribution in [0.5, 0.6) is 0 Å². The molecule has 1 atom stereocenters. The van der Waals surface area contributed by atoms with E-state index in [2.05, 4.69) is 11.9 Å². The van der Waals surface area contributed by atoms with Crippen LogP contribution in [0.15, 0.2) is 21.4 Å². The summed E-state index contributed by atoms with van der Waals surface area (Å²) in [5, 5.41) is 2.47. The molecule has 0 aliphatic carbocycles. The first-order chi connectivity index (χ1) is 10.6. The number of likely N-dealkylation sites (tertiary alicyclic amines) is 1. The van der Waals surface area contributed by atoms with E-state index in [1.54, 1.807) is 0 Å². The quantitative estimate of drug-likeness (QED) is 0.638. The number of carbonyl (C=O) groups is 1. The molecule has 0 radical (unpaired) electrons. The lowest BCUT2D eigenvalue weighted by Crippen LogP contribution is -2.44.